The molecule has 2 saturated heterocycles. The highest BCUT2D eigenvalue weighted by molar-refractivity contribution is 7.09. The van der Waals surface area contributed by atoms with Crippen LogP contribution in [0.15, 0.2) is 11.7 Å². The summed E-state index contributed by atoms with van der Waals surface area (Å²) in [7, 11) is 0. The van der Waals surface area contributed by atoms with E-state index in [0.29, 0.717) is 0 Å². The Hall–Kier alpha value is -0.450. The zero-order chi connectivity index (χ0) is 12.9. The average Bonchev–Trinajstić information content (AvgIpc) is 2.80. The quantitative estimate of drug-likeness (QED) is 0.922. The fourth-order valence-corrected chi connectivity index (χ4v) is 4.28. The van der Waals surface area contributed by atoms with E-state index in [-0.39, 0.29) is 0 Å². The fraction of sp³-hybridized carbons (Fsp3) is 0.800. The zero-order valence-electron chi connectivity index (χ0n) is 11.7. The Balaban J connectivity index is 1.46. The molecular formula is C15H25N3S. The summed E-state index contributed by atoms with van der Waals surface area (Å²) in [6.45, 7) is 6.16. The van der Waals surface area contributed by atoms with Crippen LogP contribution in [0.25, 0.3) is 0 Å². The molecule has 3 heterocycles. The summed E-state index contributed by atoms with van der Waals surface area (Å²) in [6.07, 6.45) is 9.07. The van der Waals surface area contributed by atoms with Gasteiger partial charge in [-0.3, -0.25) is 9.88 Å². The Labute approximate surface area is 120 Å². The number of aromatic nitrogens is 1. The van der Waals surface area contributed by atoms with Gasteiger partial charge in [-0.15, -0.1) is 11.3 Å². The predicted molar refractivity (Wildman–Crippen MR) is 80.3 cm³/mol. The molecule has 2 aliphatic heterocycles. The SMILES string of the molecule is c1ncc(CN2CCC(C3CCCNCC3)CC2)s1. The van der Waals surface area contributed by atoms with Crippen molar-refractivity contribution in [3.63, 3.8) is 0 Å². The van der Waals surface area contributed by atoms with Crippen molar-refractivity contribution in [2.24, 2.45) is 11.8 Å². The highest BCUT2D eigenvalue weighted by Gasteiger charge is 2.26. The maximum Gasteiger partial charge on any atom is 0.0794 e. The first kappa shape index (κ1) is 13.5. The third kappa shape index (κ3) is 3.77. The van der Waals surface area contributed by atoms with E-state index in [9.17, 15) is 0 Å². The van der Waals surface area contributed by atoms with E-state index < -0.39 is 0 Å². The predicted octanol–water partition coefficient (Wildman–Crippen LogP) is 2.74. The van der Waals surface area contributed by atoms with Crippen molar-refractivity contribution in [1.29, 1.82) is 0 Å². The first-order valence-electron chi connectivity index (χ1n) is 7.72. The van der Waals surface area contributed by atoms with Crippen LogP contribution in [-0.4, -0.2) is 36.1 Å². The van der Waals surface area contributed by atoms with E-state index in [4.69, 9.17) is 0 Å². The number of hydrogen-bond acceptors (Lipinski definition) is 4. The third-order valence-electron chi connectivity index (χ3n) is 4.78. The van der Waals surface area contributed by atoms with Gasteiger partial charge in [0.25, 0.3) is 0 Å². The first-order chi connectivity index (χ1) is 9.42. The van der Waals surface area contributed by atoms with Gasteiger partial charge in [-0.2, -0.15) is 0 Å². The van der Waals surface area contributed by atoms with Crippen LogP contribution in [0.3, 0.4) is 0 Å². The Morgan fingerprint density at radius 2 is 2.00 bits per heavy atom. The lowest BCUT2D eigenvalue weighted by atomic mass is 9.80. The monoisotopic (exact) mass is 279 g/mol. The van der Waals surface area contributed by atoms with Gasteiger partial charge in [0, 0.05) is 17.6 Å². The third-order valence-corrected chi connectivity index (χ3v) is 5.55. The summed E-state index contributed by atoms with van der Waals surface area (Å²) in [4.78, 5) is 8.20. The molecule has 2 aliphatic rings. The average molecular weight is 279 g/mol. The van der Waals surface area contributed by atoms with Gasteiger partial charge in [-0.05, 0) is 70.1 Å². The van der Waals surface area contributed by atoms with Crippen LogP contribution >= 0.6 is 11.3 Å². The summed E-state index contributed by atoms with van der Waals surface area (Å²) in [5.74, 6) is 1.97. The van der Waals surface area contributed by atoms with Gasteiger partial charge in [0.05, 0.1) is 5.51 Å². The molecule has 1 aromatic rings. The van der Waals surface area contributed by atoms with E-state index in [2.05, 4.69) is 15.2 Å². The number of nitrogens with zero attached hydrogens (tertiary/aromatic N) is 2. The fourth-order valence-electron chi connectivity index (χ4n) is 3.64. The molecule has 1 aromatic heterocycles. The molecule has 2 fully saturated rings. The van der Waals surface area contributed by atoms with Crippen molar-refractivity contribution < 1.29 is 0 Å². The van der Waals surface area contributed by atoms with E-state index in [1.54, 1.807) is 11.3 Å². The Bertz CT molecular complexity index is 349. The molecule has 1 N–H and O–H groups in total. The summed E-state index contributed by atoms with van der Waals surface area (Å²) in [5.41, 5.74) is 1.95. The molecule has 19 heavy (non-hydrogen) atoms. The molecule has 3 rings (SSSR count). The molecular weight excluding hydrogens is 254 g/mol. The highest BCUT2D eigenvalue weighted by atomic mass is 32.1. The van der Waals surface area contributed by atoms with E-state index in [1.807, 2.05) is 11.7 Å². The Morgan fingerprint density at radius 3 is 2.79 bits per heavy atom. The van der Waals surface area contributed by atoms with Crippen molar-refractivity contribution in [2.75, 3.05) is 26.2 Å². The molecule has 0 spiro atoms. The minimum atomic E-state index is 0.984. The molecule has 4 heteroatoms. The van der Waals surface area contributed by atoms with Crippen LogP contribution in [-0.2, 0) is 6.54 Å². The van der Waals surface area contributed by atoms with Gasteiger partial charge in [0.15, 0.2) is 0 Å². The van der Waals surface area contributed by atoms with Gasteiger partial charge in [-0.1, -0.05) is 0 Å². The lowest BCUT2D eigenvalue weighted by molar-refractivity contribution is 0.136. The van der Waals surface area contributed by atoms with Crippen LogP contribution < -0.4 is 5.32 Å². The van der Waals surface area contributed by atoms with E-state index >= 15 is 0 Å². The Morgan fingerprint density at radius 1 is 1.16 bits per heavy atom. The summed E-state index contributed by atoms with van der Waals surface area (Å²) in [5, 5.41) is 3.54. The standard InChI is InChI=1S/C15H25N3S/c1-2-13(3-7-16-6-1)14-4-8-18(9-5-14)11-15-10-17-12-19-15/h10,12-14,16H,1-9,11H2. The van der Waals surface area contributed by atoms with Gasteiger partial charge in [0.2, 0.25) is 0 Å². The van der Waals surface area contributed by atoms with Crippen LogP contribution in [0.1, 0.15) is 37.0 Å². The zero-order valence-corrected chi connectivity index (χ0v) is 12.5. The number of nitrogens with one attached hydrogen (secondary N) is 1. The normalized spacial score (nSPS) is 27.3. The topological polar surface area (TPSA) is 28.2 Å². The van der Waals surface area contributed by atoms with Crippen LogP contribution in [0, 0.1) is 11.8 Å². The second-order valence-electron chi connectivity index (χ2n) is 6.02. The number of likely N-dealkylation sites (tertiary alicyclic amines) is 1. The number of hydrogen-bond donors (Lipinski definition) is 1. The van der Waals surface area contributed by atoms with Crippen molar-refractivity contribution >= 4 is 11.3 Å². The molecule has 0 saturated carbocycles. The number of rotatable bonds is 3. The minimum Gasteiger partial charge on any atom is -0.317 e. The Kier molecular flexibility index (Phi) is 4.86. The van der Waals surface area contributed by atoms with Crippen LogP contribution in [0.5, 0.6) is 0 Å². The molecule has 0 radical (unpaired) electrons. The smallest absolute Gasteiger partial charge is 0.0794 e. The molecule has 1 atom stereocenters. The molecule has 0 aliphatic carbocycles. The highest BCUT2D eigenvalue weighted by Crippen LogP contribution is 2.31. The van der Waals surface area contributed by atoms with Crippen molar-refractivity contribution in [3.8, 4) is 0 Å². The molecule has 0 amide bonds. The summed E-state index contributed by atoms with van der Waals surface area (Å²) >= 11 is 1.79. The minimum absolute atomic E-state index is 0.984. The molecule has 0 aromatic carbocycles. The van der Waals surface area contributed by atoms with Gasteiger partial charge in [-0.25, -0.2) is 0 Å². The van der Waals surface area contributed by atoms with Crippen molar-refractivity contribution in [1.82, 2.24) is 15.2 Å². The van der Waals surface area contributed by atoms with Gasteiger partial charge >= 0.3 is 0 Å². The van der Waals surface area contributed by atoms with Crippen LogP contribution in [0.4, 0.5) is 0 Å². The lowest BCUT2D eigenvalue weighted by Gasteiger charge is -2.35. The second kappa shape index (κ2) is 6.82. The van der Waals surface area contributed by atoms with Gasteiger partial charge in [0.1, 0.15) is 0 Å². The summed E-state index contributed by atoms with van der Waals surface area (Å²) in [6, 6.07) is 0. The van der Waals surface area contributed by atoms with Gasteiger partial charge < -0.3 is 5.32 Å². The van der Waals surface area contributed by atoms with E-state index in [1.165, 1.54) is 63.2 Å². The van der Waals surface area contributed by atoms with Crippen molar-refractivity contribution in [2.45, 2.75) is 38.6 Å². The maximum absolute atomic E-state index is 4.17. The molecule has 3 nitrogen and oxygen atoms in total. The second-order valence-corrected chi connectivity index (χ2v) is 6.99. The van der Waals surface area contributed by atoms with Crippen LogP contribution in [0.2, 0.25) is 0 Å². The van der Waals surface area contributed by atoms with E-state index in [0.717, 1.165) is 18.4 Å². The maximum atomic E-state index is 4.17. The number of piperidine rings is 1. The molecule has 1 unspecified atom stereocenters. The lowest BCUT2D eigenvalue weighted by Crippen LogP contribution is -2.35. The molecule has 0 bridgehead atoms. The number of thiazole rings is 1. The molecule has 106 valence electrons. The summed E-state index contributed by atoms with van der Waals surface area (Å²) < 4.78 is 0. The largest absolute Gasteiger partial charge is 0.317 e. The van der Waals surface area contributed by atoms with Crippen molar-refractivity contribution in [3.05, 3.63) is 16.6 Å². The first-order valence-corrected chi connectivity index (χ1v) is 8.60.